The third-order valence-corrected chi connectivity index (χ3v) is 5.19. The zero-order chi connectivity index (χ0) is 22.3. The number of amides is 2. The summed E-state index contributed by atoms with van der Waals surface area (Å²) in [4.78, 5) is 26.5. The molecule has 0 aromatic heterocycles. The minimum absolute atomic E-state index is 0.0353. The number of alkyl carbamates (subject to hydrolysis) is 1. The molecule has 6 nitrogen and oxygen atoms in total. The molecule has 3 rings (SSSR count). The van der Waals surface area contributed by atoms with Crippen LogP contribution in [-0.4, -0.2) is 42.1 Å². The van der Waals surface area contributed by atoms with Crippen LogP contribution in [-0.2, 0) is 11.3 Å². The first-order valence-corrected chi connectivity index (χ1v) is 10.8. The van der Waals surface area contributed by atoms with E-state index < -0.39 is 5.60 Å². The van der Waals surface area contributed by atoms with E-state index in [-0.39, 0.29) is 12.0 Å². The van der Waals surface area contributed by atoms with Gasteiger partial charge >= 0.3 is 6.09 Å². The molecule has 0 spiro atoms. The van der Waals surface area contributed by atoms with Gasteiger partial charge in [-0.25, -0.2) is 4.79 Å². The summed E-state index contributed by atoms with van der Waals surface area (Å²) < 4.78 is 11.1. The van der Waals surface area contributed by atoms with Gasteiger partial charge in [-0.3, -0.25) is 4.79 Å². The SMILES string of the molecule is CC(C)(C)OC(=O)NCC1CCN(C(=O)c2ccc(OCc3ccccc3)cc2)CC1. The Hall–Kier alpha value is -3.02. The van der Waals surface area contributed by atoms with Crippen molar-refractivity contribution in [3.8, 4) is 5.75 Å². The van der Waals surface area contributed by atoms with E-state index in [1.165, 1.54) is 0 Å². The Kier molecular flexibility index (Phi) is 7.55. The molecule has 1 saturated heterocycles. The molecular formula is C25H32N2O4. The summed E-state index contributed by atoms with van der Waals surface area (Å²) in [6, 6.07) is 17.3. The Morgan fingerprint density at radius 1 is 1.00 bits per heavy atom. The van der Waals surface area contributed by atoms with E-state index in [4.69, 9.17) is 9.47 Å². The van der Waals surface area contributed by atoms with Crippen LogP contribution in [0.3, 0.4) is 0 Å². The molecule has 1 heterocycles. The second-order valence-corrected chi connectivity index (χ2v) is 8.92. The average molecular weight is 425 g/mol. The van der Waals surface area contributed by atoms with Crippen LogP contribution in [0.25, 0.3) is 0 Å². The number of hydrogen-bond acceptors (Lipinski definition) is 4. The number of carbonyl (C=O) groups excluding carboxylic acids is 2. The summed E-state index contributed by atoms with van der Waals surface area (Å²) >= 11 is 0. The number of nitrogens with zero attached hydrogens (tertiary/aromatic N) is 1. The molecule has 6 heteroatoms. The number of carbonyl (C=O) groups is 2. The third-order valence-electron chi connectivity index (χ3n) is 5.19. The first-order valence-electron chi connectivity index (χ1n) is 10.8. The number of piperidine rings is 1. The predicted octanol–water partition coefficient (Wildman–Crippen LogP) is 4.64. The van der Waals surface area contributed by atoms with E-state index in [0.717, 1.165) is 24.2 Å². The van der Waals surface area contributed by atoms with E-state index >= 15 is 0 Å². The molecule has 166 valence electrons. The van der Waals surface area contributed by atoms with Crippen molar-refractivity contribution >= 4 is 12.0 Å². The van der Waals surface area contributed by atoms with Gasteiger partial charge < -0.3 is 19.7 Å². The van der Waals surface area contributed by atoms with E-state index in [2.05, 4.69) is 5.32 Å². The number of rotatable bonds is 6. The zero-order valence-electron chi connectivity index (χ0n) is 18.6. The number of likely N-dealkylation sites (tertiary alicyclic amines) is 1. The Morgan fingerprint density at radius 3 is 2.26 bits per heavy atom. The standard InChI is InChI=1S/C25H32N2O4/c1-25(2,3)31-24(29)26-17-19-13-15-27(16-14-19)23(28)21-9-11-22(12-10-21)30-18-20-7-5-4-6-8-20/h4-12,19H,13-18H2,1-3H3,(H,26,29). The van der Waals surface area contributed by atoms with Gasteiger partial charge in [0, 0.05) is 25.2 Å². The van der Waals surface area contributed by atoms with E-state index in [1.54, 1.807) is 0 Å². The summed E-state index contributed by atoms with van der Waals surface area (Å²) in [6.07, 6.45) is 1.33. The van der Waals surface area contributed by atoms with Gasteiger partial charge in [-0.15, -0.1) is 0 Å². The van der Waals surface area contributed by atoms with Crippen molar-refractivity contribution in [1.82, 2.24) is 10.2 Å². The number of nitrogens with one attached hydrogen (secondary N) is 1. The van der Waals surface area contributed by atoms with E-state index in [9.17, 15) is 9.59 Å². The molecule has 2 aromatic carbocycles. The average Bonchev–Trinajstić information content (AvgIpc) is 2.76. The van der Waals surface area contributed by atoms with E-state index in [1.807, 2.05) is 80.3 Å². The van der Waals surface area contributed by atoms with Gasteiger partial charge in [0.1, 0.15) is 18.0 Å². The lowest BCUT2D eigenvalue weighted by Gasteiger charge is -2.32. The maximum atomic E-state index is 12.8. The summed E-state index contributed by atoms with van der Waals surface area (Å²) in [6.45, 7) is 7.98. The van der Waals surface area contributed by atoms with Gasteiger partial charge in [0.05, 0.1) is 0 Å². The van der Waals surface area contributed by atoms with Crippen molar-refractivity contribution in [1.29, 1.82) is 0 Å². The third kappa shape index (κ3) is 7.31. The van der Waals surface area contributed by atoms with Crippen molar-refractivity contribution in [2.45, 2.75) is 45.8 Å². The summed E-state index contributed by atoms with van der Waals surface area (Å²) in [7, 11) is 0. The molecule has 31 heavy (non-hydrogen) atoms. The van der Waals surface area contributed by atoms with Crippen molar-refractivity contribution < 1.29 is 19.1 Å². The monoisotopic (exact) mass is 424 g/mol. The highest BCUT2D eigenvalue weighted by atomic mass is 16.6. The summed E-state index contributed by atoms with van der Waals surface area (Å²) in [5, 5.41) is 2.84. The molecule has 1 N–H and O–H groups in total. The minimum atomic E-state index is -0.498. The van der Waals surface area contributed by atoms with Crippen molar-refractivity contribution in [3.05, 3.63) is 65.7 Å². The van der Waals surface area contributed by atoms with Gasteiger partial charge in [0.2, 0.25) is 0 Å². The molecular weight excluding hydrogens is 392 g/mol. The first kappa shape index (κ1) is 22.7. The minimum Gasteiger partial charge on any atom is -0.489 e. The highest BCUT2D eigenvalue weighted by Crippen LogP contribution is 2.20. The molecule has 0 unspecified atom stereocenters. The van der Waals surface area contributed by atoms with Crippen molar-refractivity contribution in [2.24, 2.45) is 5.92 Å². The Balaban J connectivity index is 1.42. The lowest BCUT2D eigenvalue weighted by Crippen LogP contribution is -2.42. The van der Waals surface area contributed by atoms with Crippen LogP contribution in [0.2, 0.25) is 0 Å². The number of hydrogen-bond donors (Lipinski definition) is 1. The molecule has 0 radical (unpaired) electrons. The second-order valence-electron chi connectivity index (χ2n) is 8.92. The van der Waals surface area contributed by atoms with Gasteiger partial charge in [-0.05, 0) is 69.4 Å². The van der Waals surface area contributed by atoms with Crippen LogP contribution < -0.4 is 10.1 Å². The lowest BCUT2D eigenvalue weighted by molar-refractivity contribution is 0.0500. The fourth-order valence-corrected chi connectivity index (χ4v) is 3.50. The first-order chi connectivity index (χ1) is 14.8. The molecule has 0 saturated carbocycles. The van der Waals surface area contributed by atoms with Crippen LogP contribution in [0.1, 0.15) is 49.5 Å². The molecule has 2 aromatic rings. The fraction of sp³-hybridized carbons (Fsp3) is 0.440. The summed E-state index contributed by atoms with van der Waals surface area (Å²) in [5.41, 5.74) is 1.27. The van der Waals surface area contributed by atoms with E-state index in [0.29, 0.717) is 37.7 Å². The number of ether oxygens (including phenoxy) is 2. The van der Waals surface area contributed by atoms with Crippen LogP contribution >= 0.6 is 0 Å². The molecule has 0 atom stereocenters. The normalized spacial score (nSPS) is 14.7. The molecule has 0 bridgehead atoms. The Morgan fingerprint density at radius 2 is 1.65 bits per heavy atom. The molecule has 0 aliphatic carbocycles. The number of benzene rings is 2. The zero-order valence-corrected chi connectivity index (χ0v) is 18.6. The Bertz CT molecular complexity index is 851. The van der Waals surface area contributed by atoms with Crippen molar-refractivity contribution in [3.63, 3.8) is 0 Å². The second kappa shape index (κ2) is 10.3. The maximum Gasteiger partial charge on any atom is 0.407 e. The fourth-order valence-electron chi connectivity index (χ4n) is 3.50. The molecule has 1 fully saturated rings. The topological polar surface area (TPSA) is 67.9 Å². The van der Waals surface area contributed by atoms with Gasteiger partial charge in [0.25, 0.3) is 5.91 Å². The van der Waals surface area contributed by atoms with Gasteiger partial charge in [0.15, 0.2) is 0 Å². The van der Waals surface area contributed by atoms with Crippen LogP contribution in [0.5, 0.6) is 5.75 Å². The molecule has 2 amide bonds. The van der Waals surface area contributed by atoms with Gasteiger partial charge in [-0.1, -0.05) is 30.3 Å². The lowest BCUT2D eigenvalue weighted by atomic mass is 9.96. The van der Waals surface area contributed by atoms with Crippen molar-refractivity contribution in [2.75, 3.05) is 19.6 Å². The quantitative estimate of drug-likeness (QED) is 0.733. The highest BCUT2D eigenvalue weighted by molar-refractivity contribution is 5.94. The summed E-state index contributed by atoms with van der Waals surface area (Å²) in [5.74, 6) is 1.13. The highest BCUT2D eigenvalue weighted by Gasteiger charge is 2.24. The van der Waals surface area contributed by atoms with Crippen LogP contribution in [0, 0.1) is 5.92 Å². The van der Waals surface area contributed by atoms with Gasteiger partial charge in [-0.2, -0.15) is 0 Å². The molecule has 1 aliphatic heterocycles. The Labute approximate surface area is 184 Å². The van der Waals surface area contributed by atoms with Crippen LogP contribution in [0.15, 0.2) is 54.6 Å². The molecule has 1 aliphatic rings. The maximum absolute atomic E-state index is 12.8. The largest absolute Gasteiger partial charge is 0.489 e. The van der Waals surface area contributed by atoms with Crippen LogP contribution in [0.4, 0.5) is 4.79 Å². The smallest absolute Gasteiger partial charge is 0.407 e. The predicted molar refractivity (Wildman–Crippen MR) is 120 cm³/mol.